The average Bonchev–Trinajstić information content (AvgIpc) is 2.97. The first-order chi connectivity index (χ1) is 10.8. The molecule has 0 saturated carbocycles. The summed E-state index contributed by atoms with van der Waals surface area (Å²) in [5.74, 6) is 0.155. The molecule has 3 rings (SSSR count). The van der Waals surface area contributed by atoms with Crippen LogP contribution in [0, 0.1) is 0 Å². The molecule has 116 valence electrons. The van der Waals surface area contributed by atoms with Crippen LogP contribution in [-0.2, 0) is 6.42 Å². The molecule has 2 aromatic rings. The molecule has 0 bridgehead atoms. The molecule has 2 heterocycles. The fourth-order valence-electron chi connectivity index (χ4n) is 2.79. The number of thiazole rings is 1. The molecule has 1 aromatic carbocycles. The molecular weight excluding hydrogens is 294 g/mol. The van der Waals surface area contributed by atoms with E-state index in [-0.39, 0.29) is 5.91 Å². The Hall–Kier alpha value is -1.72. The monoisotopic (exact) mass is 315 g/mol. The van der Waals surface area contributed by atoms with Gasteiger partial charge in [-0.15, -0.1) is 11.3 Å². The van der Waals surface area contributed by atoms with E-state index in [9.17, 15) is 4.79 Å². The minimum absolute atomic E-state index is 0.155. The zero-order valence-electron chi connectivity index (χ0n) is 12.6. The van der Waals surface area contributed by atoms with Gasteiger partial charge in [-0.1, -0.05) is 18.2 Å². The summed E-state index contributed by atoms with van der Waals surface area (Å²) in [4.78, 5) is 21.3. The van der Waals surface area contributed by atoms with E-state index in [1.54, 1.807) is 11.3 Å². The van der Waals surface area contributed by atoms with Crippen molar-refractivity contribution in [2.75, 3.05) is 32.7 Å². The lowest BCUT2D eigenvalue weighted by molar-refractivity contribution is 0.0761. The Morgan fingerprint density at radius 2 is 2.00 bits per heavy atom. The number of benzene rings is 1. The van der Waals surface area contributed by atoms with Gasteiger partial charge in [0, 0.05) is 43.5 Å². The van der Waals surface area contributed by atoms with Crippen LogP contribution in [0.25, 0.3) is 0 Å². The second-order valence-electron chi connectivity index (χ2n) is 5.58. The van der Waals surface area contributed by atoms with Crippen molar-refractivity contribution in [1.82, 2.24) is 14.8 Å². The number of amides is 1. The van der Waals surface area contributed by atoms with E-state index in [1.165, 1.54) is 5.69 Å². The first-order valence-corrected chi connectivity index (χ1v) is 8.71. The highest BCUT2D eigenvalue weighted by Crippen LogP contribution is 2.10. The molecular formula is C17H21N3OS. The molecule has 4 nitrogen and oxygen atoms in total. The highest BCUT2D eigenvalue weighted by Gasteiger charge is 2.19. The number of hydrogen-bond donors (Lipinski definition) is 0. The first-order valence-electron chi connectivity index (χ1n) is 7.76. The Labute approximate surface area is 135 Å². The molecule has 0 spiro atoms. The van der Waals surface area contributed by atoms with Gasteiger partial charge in [0.15, 0.2) is 0 Å². The largest absolute Gasteiger partial charge is 0.337 e. The number of aromatic nitrogens is 1. The maximum atomic E-state index is 12.5. The Morgan fingerprint density at radius 3 is 2.77 bits per heavy atom. The van der Waals surface area contributed by atoms with Gasteiger partial charge in [0.1, 0.15) is 0 Å². The summed E-state index contributed by atoms with van der Waals surface area (Å²) in [6, 6.07) is 9.58. The Bertz CT molecular complexity index is 585. The molecule has 0 N–H and O–H groups in total. The highest BCUT2D eigenvalue weighted by molar-refractivity contribution is 7.07. The highest BCUT2D eigenvalue weighted by atomic mass is 32.1. The molecule has 1 saturated heterocycles. The van der Waals surface area contributed by atoms with E-state index in [0.29, 0.717) is 0 Å². The topological polar surface area (TPSA) is 36.4 Å². The van der Waals surface area contributed by atoms with Crippen molar-refractivity contribution in [2.45, 2.75) is 12.8 Å². The summed E-state index contributed by atoms with van der Waals surface area (Å²) < 4.78 is 0. The number of nitrogens with zero attached hydrogens (tertiary/aromatic N) is 3. The second-order valence-corrected chi connectivity index (χ2v) is 6.30. The van der Waals surface area contributed by atoms with Crippen LogP contribution in [0.2, 0.25) is 0 Å². The van der Waals surface area contributed by atoms with Crippen LogP contribution < -0.4 is 0 Å². The molecule has 1 aromatic heterocycles. The molecule has 5 heteroatoms. The molecule has 0 atom stereocenters. The van der Waals surface area contributed by atoms with Gasteiger partial charge in [-0.3, -0.25) is 4.79 Å². The van der Waals surface area contributed by atoms with Crippen LogP contribution in [0.1, 0.15) is 22.5 Å². The maximum absolute atomic E-state index is 12.5. The van der Waals surface area contributed by atoms with Crippen molar-refractivity contribution in [2.24, 2.45) is 0 Å². The zero-order valence-corrected chi connectivity index (χ0v) is 13.5. The van der Waals surface area contributed by atoms with Gasteiger partial charge in [0.2, 0.25) is 0 Å². The summed E-state index contributed by atoms with van der Waals surface area (Å²) in [7, 11) is 0. The minimum atomic E-state index is 0.155. The van der Waals surface area contributed by atoms with E-state index in [2.05, 4.69) is 15.3 Å². The predicted molar refractivity (Wildman–Crippen MR) is 89.2 cm³/mol. The normalized spacial score (nSPS) is 16.5. The fraction of sp³-hybridized carbons (Fsp3) is 0.412. The van der Waals surface area contributed by atoms with Gasteiger partial charge >= 0.3 is 0 Å². The van der Waals surface area contributed by atoms with Crippen molar-refractivity contribution < 1.29 is 4.79 Å². The molecule has 1 fully saturated rings. The molecule has 22 heavy (non-hydrogen) atoms. The third-order valence-electron chi connectivity index (χ3n) is 4.06. The zero-order chi connectivity index (χ0) is 15.2. The number of carbonyl (C=O) groups is 1. The van der Waals surface area contributed by atoms with Crippen molar-refractivity contribution >= 4 is 17.2 Å². The van der Waals surface area contributed by atoms with Crippen LogP contribution >= 0.6 is 11.3 Å². The van der Waals surface area contributed by atoms with Crippen LogP contribution in [0.3, 0.4) is 0 Å². The van der Waals surface area contributed by atoms with Crippen LogP contribution in [0.4, 0.5) is 0 Å². The summed E-state index contributed by atoms with van der Waals surface area (Å²) >= 11 is 1.65. The summed E-state index contributed by atoms with van der Waals surface area (Å²) in [6.45, 7) is 4.69. The van der Waals surface area contributed by atoms with Crippen molar-refractivity contribution in [3.05, 3.63) is 52.5 Å². The van der Waals surface area contributed by atoms with E-state index in [4.69, 9.17) is 0 Å². The molecule has 0 aliphatic carbocycles. The maximum Gasteiger partial charge on any atom is 0.253 e. The molecule has 1 amide bonds. The van der Waals surface area contributed by atoms with Crippen molar-refractivity contribution in [3.63, 3.8) is 0 Å². The lowest BCUT2D eigenvalue weighted by atomic mass is 10.2. The third-order valence-corrected chi connectivity index (χ3v) is 4.70. The second kappa shape index (κ2) is 7.51. The average molecular weight is 315 g/mol. The van der Waals surface area contributed by atoms with Gasteiger partial charge in [0.25, 0.3) is 5.91 Å². The van der Waals surface area contributed by atoms with Gasteiger partial charge in [-0.25, -0.2) is 4.98 Å². The van der Waals surface area contributed by atoms with Crippen molar-refractivity contribution in [1.29, 1.82) is 0 Å². The first kappa shape index (κ1) is 15.2. The Balaban J connectivity index is 1.52. The van der Waals surface area contributed by atoms with Gasteiger partial charge in [0.05, 0.1) is 11.2 Å². The van der Waals surface area contributed by atoms with Crippen LogP contribution in [-0.4, -0.2) is 53.4 Å². The Kier molecular flexibility index (Phi) is 5.19. The molecule has 0 unspecified atom stereocenters. The van der Waals surface area contributed by atoms with Gasteiger partial charge in [-0.2, -0.15) is 0 Å². The van der Waals surface area contributed by atoms with E-state index >= 15 is 0 Å². The molecule has 0 radical (unpaired) electrons. The van der Waals surface area contributed by atoms with E-state index in [1.807, 2.05) is 40.7 Å². The number of hydrogen-bond acceptors (Lipinski definition) is 4. The van der Waals surface area contributed by atoms with Gasteiger partial charge in [-0.05, 0) is 25.1 Å². The van der Waals surface area contributed by atoms with Crippen LogP contribution in [0.5, 0.6) is 0 Å². The van der Waals surface area contributed by atoms with Crippen molar-refractivity contribution in [3.8, 4) is 0 Å². The standard InChI is InChI=1S/C17H21N3OS/c21-17(15-5-2-1-3-6-15)20-9-4-8-19(11-12-20)10-7-16-13-22-14-18-16/h1-3,5-6,13-14H,4,7-12H2. The smallest absolute Gasteiger partial charge is 0.253 e. The fourth-order valence-corrected chi connectivity index (χ4v) is 3.39. The number of carbonyl (C=O) groups excluding carboxylic acids is 1. The van der Waals surface area contributed by atoms with E-state index in [0.717, 1.165) is 51.1 Å². The van der Waals surface area contributed by atoms with Crippen LogP contribution in [0.15, 0.2) is 41.2 Å². The van der Waals surface area contributed by atoms with Gasteiger partial charge < -0.3 is 9.80 Å². The third kappa shape index (κ3) is 3.93. The lowest BCUT2D eigenvalue weighted by Gasteiger charge is -2.22. The Morgan fingerprint density at radius 1 is 1.14 bits per heavy atom. The molecule has 1 aliphatic heterocycles. The number of rotatable bonds is 4. The molecule has 1 aliphatic rings. The summed E-state index contributed by atoms with van der Waals surface area (Å²) in [5.41, 5.74) is 3.85. The lowest BCUT2D eigenvalue weighted by Crippen LogP contribution is -2.35. The predicted octanol–water partition coefficient (Wildman–Crippen LogP) is 2.53. The van der Waals surface area contributed by atoms with E-state index < -0.39 is 0 Å². The minimum Gasteiger partial charge on any atom is -0.337 e. The summed E-state index contributed by atoms with van der Waals surface area (Å²) in [6.07, 6.45) is 2.03. The summed E-state index contributed by atoms with van der Waals surface area (Å²) in [5, 5.41) is 2.11. The quantitative estimate of drug-likeness (QED) is 0.870. The SMILES string of the molecule is O=C(c1ccccc1)N1CCCN(CCc2cscn2)CC1.